The zero-order valence-electron chi connectivity index (χ0n) is 8.43. The molecule has 0 atom stereocenters. The van der Waals surface area contributed by atoms with Crippen LogP contribution in [0, 0.1) is 9.39 Å². The first-order chi connectivity index (χ1) is 8.06. The van der Waals surface area contributed by atoms with E-state index in [1.54, 1.807) is 0 Å². The van der Waals surface area contributed by atoms with Gasteiger partial charge in [-0.05, 0) is 46.9 Å². The number of H-pyrrole nitrogens is 1. The van der Waals surface area contributed by atoms with Gasteiger partial charge in [-0.15, -0.1) is 0 Å². The number of nitrogens with one attached hydrogen (secondary N) is 2. The zero-order valence-corrected chi connectivity index (χ0v) is 11.3. The van der Waals surface area contributed by atoms with Gasteiger partial charge in [-0.1, -0.05) is 11.6 Å². The molecular formula is C11H7ClFIN2O. The second-order valence-electron chi connectivity index (χ2n) is 3.31. The molecule has 2 aromatic rings. The molecule has 6 heteroatoms. The number of benzene rings is 1. The second-order valence-corrected chi connectivity index (χ2v) is 4.91. The summed E-state index contributed by atoms with van der Waals surface area (Å²) in [5, 5.41) is 3.13. The molecule has 0 saturated heterocycles. The Balaban J connectivity index is 2.18. The third-order valence-corrected chi connectivity index (χ3v) is 3.18. The van der Waals surface area contributed by atoms with Gasteiger partial charge in [-0.3, -0.25) is 4.79 Å². The van der Waals surface area contributed by atoms with Gasteiger partial charge < -0.3 is 10.3 Å². The van der Waals surface area contributed by atoms with E-state index in [0.29, 0.717) is 20.0 Å². The number of carbonyl (C=O) groups is 1. The average Bonchev–Trinajstić information content (AvgIpc) is 2.69. The summed E-state index contributed by atoms with van der Waals surface area (Å²) in [6.07, 6.45) is 1.52. The normalized spacial score (nSPS) is 10.3. The van der Waals surface area contributed by atoms with E-state index in [0.717, 1.165) is 0 Å². The van der Waals surface area contributed by atoms with Crippen LogP contribution in [0.4, 0.5) is 10.1 Å². The van der Waals surface area contributed by atoms with E-state index in [1.807, 2.05) is 22.6 Å². The van der Waals surface area contributed by atoms with Crippen LogP contribution in [0.15, 0.2) is 30.5 Å². The van der Waals surface area contributed by atoms with Crippen LogP contribution >= 0.6 is 34.2 Å². The number of carbonyl (C=O) groups excluding carboxylic acids is 1. The standard InChI is InChI=1S/C11H7ClFIN2O/c12-6-3-10(15-5-6)11(17)16-9-2-1-7(13)4-8(9)14/h1-5,15H,(H,16,17). The molecule has 1 aromatic heterocycles. The van der Waals surface area contributed by atoms with Crippen molar-refractivity contribution in [3.05, 3.63) is 50.6 Å². The Morgan fingerprint density at radius 1 is 1.41 bits per heavy atom. The maximum atomic E-state index is 12.9. The summed E-state index contributed by atoms with van der Waals surface area (Å²) in [6, 6.07) is 5.67. The maximum absolute atomic E-state index is 12.9. The lowest BCUT2D eigenvalue weighted by atomic mass is 10.3. The van der Waals surface area contributed by atoms with Crippen LogP contribution in [0.1, 0.15) is 10.5 Å². The van der Waals surface area contributed by atoms with Gasteiger partial charge in [0.2, 0.25) is 0 Å². The topological polar surface area (TPSA) is 44.9 Å². The summed E-state index contributed by atoms with van der Waals surface area (Å²) in [5.74, 6) is -0.656. The van der Waals surface area contributed by atoms with Crippen molar-refractivity contribution in [2.24, 2.45) is 0 Å². The lowest BCUT2D eigenvalue weighted by molar-refractivity contribution is 0.102. The van der Waals surface area contributed by atoms with E-state index < -0.39 is 0 Å². The smallest absolute Gasteiger partial charge is 0.272 e. The van der Waals surface area contributed by atoms with E-state index in [2.05, 4.69) is 10.3 Å². The molecular weight excluding hydrogens is 357 g/mol. The highest BCUT2D eigenvalue weighted by molar-refractivity contribution is 14.1. The van der Waals surface area contributed by atoms with Crippen molar-refractivity contribution in [1.29, 1.82) is 0 Å². The first-order valence-electron chi connectivity index (χ1n) is 4.66. The summed E-state index contributed by atoms with van der Waals surface area (Å²) in [7, 11) is 0. The van der Waals surface area contributed by atoms with Gasteiger partial charge >= 0.3 is 0 Å². The molecule has 0 fully saturated rings. The first-order valence-corrected chi connectivity index (χ1v) is 6.12. The second kappa shape index (κ2) is 5.05. The largest absolute Gasteiger partial charge is 0.356 e. The van der Waals surface area contributed by atoms with E-state index in [9.17, 15) is 9.18 Å². The molecule has 0 aliphatic rings. The fourth-order valence-electron chi connectivity index (χ4n) is 1.28. The molecule has 0 aliphatic carbocycles. The Bertz CT molecular complexity index is 570. The van der Waals surface area contributed by atoms with Crippen molar-refractivity contribution in [2.45, 2.75) is 0 Å². The van der Waals surface area contributed by atoms with Crippen molar-refractivity contribution >= 4 is 45.8 Å². The van der Waals surface area contributed by atoms with Crippen LogP contribution in [0.3, 0.4) is 0 Å². The van der Waals surface area contributed by atoms with Crippen molar-refractivity contribution in [3.8, 4) is 0 Å². The van der Waals surface area contributed by atoms with Crippen LogP contribution in [-0.4, -0.2) is 10.9 Å². The van der Waals surface area contributed by atoms with Gasteiger partial charge in [-0.2, -0.15) is 0 Å². The van der Waals surface area contributed by atoms with Crippen molar-refractivity contribution < 1.29 is 9.18 Å². The third-order valence-electron chi connectivity index (χ3n) is 2.07. The Labute approximate surface area is 116 Å². The van der Waals surface area contributed by atoms with Crippen LogP contribution in [-0.2, 0) is 0 Å². The Kier molecular flexibility index (Phi) is 3.68. The molecule has 17 heavy (non-hydrogen) atoms. The lowest BCUT2D eigenvalue weighted by Crippen LogP contribution is -2.13. The highest BCUT2D eigenvalue weighted by atomic mass is 127. The zero-order chi connectivity index (χ0) is 12.4. The van der Waals surface area contributed by atoms with Crippen LogP contribution in [0.5, 0.6) is 0 Å². The molecule has 0 unspecified atom stereocenters. The van der Waals surface area contributed by atoms with Crippen molar-refractivity contribution in [1.82, 2.24) is 4.98 Å². The third kappa shape index (κ3) is 2.98. The van der Waals surface area contributed by atoms with E-state index in [1.165, 1.54) is 30.5 Å². The van der Waals surface area contributed by atoms with Gasteiger partial charge in [0, 0.05) is 9.77 Å². The predicted octanol–water partition coefficient (Wildman–Crippen LogP) is 3.66. The van der Waals surface area contributed by atoms with E-state index in [-0.39, 0.29) is 11.7 Å². The van der Waals surface area contributed by atoms with Gasteiger partial charge in [0.1, 0.15) is 11.5 Å². The number of aromatic amines is 1. The van der Waals surface area contributed by atoms with Gasteiger partial charge in [0.15, 0.2) is 0 Å². The molecule has 1 amide bonds. The minimum atomic E-state index is -0.338. The fourth-order valence-corrected chi connectivity index (χ4v) is 2.06. The number of hydrogen-bond acceptors (Lipinski definition) is 1. The summed E-state index contributed by atoms with van der Waals surface area (Å²) in [4.78, 5) is 14.5. The predicted molar refractivity (Wildman–Crippen MR) is 72.9 cm³/mol. The Morgan fingerprint density at radius 2 is 2.18 bits per heavy atom. The van der Waals surface area contributed by atoms with Crippen LogP contribution in [0.25, 0.3) is 0 Å². The number of halogens is 3. The molecule has 0 aliphatic heterocycles. The number of rotatable bonds is 2. The Hall–Kier alpha value is -1.08. The van der Waals surface area contributed by atoms with Crippen LogP contribution in [0.2, 0.25) is 5.02 Å². The molecule has 0 bridgehead atoms. The number of aromatic nitrogens is 1. The van der Waals surface area contributed by atoms with Gasteiger partial charge in [-0.25, -0.2) is 4.39 Å². The SMILES string of the molecule is O=C(Nc1ccc(F)cc1I)c1cc(Cl)c[nH]1. The van der Waals surface area contributed by atoms with Crippen LogP contribution < -0.4 is 5.32 Å². The van der Waals surface area contributed by atoms with E-state index >= 15 is 0 Å². The summed E-state index contributed by atoms with van der Waals surface area (Å²) in [6.45, 7) is 0. The molecule has 1 heterocycles. The highest BCUT2D eigenvalue weighted by Crippen LogP contribution is 2.20. The molecule has 0 spiro atoms. The lowest BCUT2D eigenvalue weighted by Gasteiger charge is -2.06. The molecule has 1 aromatic carbocycles. The maximum Gasteiger partial charge on any atom is 0.272 e. The quantitative estimate of drug-likeness (QED) is 0.785. The number of hydrogen-bond donors (Lipinski definition) is 2. The average molecular weight is 365 g/mol. The van der Waals surface area contributed by atoms with Gasteiger partial charge in [0.05, 0.1) is 10.7 Å². The molecule has 0 saturated carbocycles. The summed E-state index contributed by atoms with van der Waals surface area (Å²) < 4.78 is 13.5. The first kappa shape index (κ1) is 12.4. The number of anilines is 1. The molecule has 2 N–H and O–H groups in total. The van der Waals surface area contributed by atoms with E-state index in [4.69, 9.17) is 11.6 Å². The molecule has 2 rings (SSSR count). The molecule has 88 valence electrons. The molecule has 0 radical (unpaired) electrons. The van der Waals surface area contributed by atoms with Crippen molar-refractivity contribution in [2.75, 3.05) is 5.32 Å². The summed E-state index contributed by atoms with van der Waals surface area (Å²) in [5.41, 5.74) is 0.915. The highest BCUT2D eigenvalue weighted by Gasteiger charge is 2.10. The minimum absolute atomic E-state index is 0.318. The molecule has 3 nitrogen and oxygen atoms in total. The number of amides is 1. The fraction of sp³-hybridized carbons (Fsp3) is 0. The van der Waals surface area contributed by atoms with Gasteiger partial charge in [0.25, 0.3) is 5.91 Å². The monoisotopic (exact) mass is 364 g/mol. The Morgan fingerprint density at radius 3 is 2.76 bits per heavy atom. The van der Waals surface area contributed by atoms with Crippen molar-refractivity contribution in [3.63, 3.8) is 0 Å². The minimum Gasteiger partial charge on any atom is -0.356 e. The summed E-state index contributed by atoms with van der Waals surface area (Å²) >= 11 is 7.65.